The molecule has 0 aliphatic heterocycles. The van der Waals surface area contributed by atoms with E-state index >= 15 is 0 Å². The molecule has 0 spiro atoms. The zero-order valence-electron chi connectivity index (χ0n) is 8.85. The van der Waals surface area contributed by atoms with Gasteiger partial charge < -0.3 is 5.73 Å². The van der Waals surface area contributed by atoms with Gasteiger partial charge in [0.15, 0.2) is 0 Å². The Balaban J connectivity index is 1.65. The fourth-order valence-electron chi connectivity index (χ4n) is 3.30. The summed E-state index contributed by atoms with van der Waals surface area (Å²) >= 11 is 1.70. The average molecular weight is 223 g/mol. The first-order chi connectivity index (χ1) is 7.35. The van der Waals surface area contributed by atoms with Crippen LogP contribution in [0.2, 0.25) is 0 Å². The quantitative estimate of drug-likeness (QED) is 0.852. The van der Waals surface area contributed by atoms with Crippen molar-refractivity contribution < 1.29 is 0 Å². The largest absolute Gasteiger partial charge is 0.324 e. The molecule has 1 aromatic heterocycles. The molecule has 3 atom stereocenters. The lowest BCUT2D eigenvalue weighted by atomic mass is 9.87. The predicted octanol–water partition coefficient (Wildman–Crippen LogP) is 1.98. The highest BCUT2D eigenvalue weighted by Gasteiger charge is 2.39. The Hall–Kier alpha value is -0.480. The van der Waals surface area contributed by atoms with Crippen LogP contribution in [0.5, 0.6) is 0 Å². The summed E-state index contributed by atoms with van der Waals surface area (Å²) in [6, 6.07) is 0. The SMILES string of the molecule is NCc1nnc(CC2CC3CCC2C3)s1. The van der Waals surface area contributed by atoms with Gasteiger partial charge in [-0.3, -0.25) is 0 Å². The van der Waals surface area contributed by atoms with Gasteiger partial charge >= 0.3 is 0 Å². The fourth-order valence-corrected chi connectivity index (χ4v) is 4.12. The Morgan fingerprint density at radius 2 is 2.07 bits per heavy atom. The second-order valence-corrected chi connectivity index (χ2v) is 6.08. The third kappa shape index (κ3) is 1.81. The van der Waals surface area contributed by atoms with Crippen molar-refractivity contribution >= 4 is 11.3 Å². The maximum atomic E-state index is 5.54. The van der Waals surface area contributed by atoms with E-state index in [1.54, 1.807) is 11.3 Å². The number of hydrogen-bond donors (Lipinski definition) is 1. The lowest BCUT2D eigenvalue weighted by Crippen LogP contribution is -2.12. The van der Waals surface area contributed by atoms with Gasteiger partial charge in [-0.05, 0) is 37.0 Å². The van der Waals surface area contributed by atoms with Gasteiger partial charge in [-0.15, -0.1) is 21.5 Å². The highest BCUT2D eigenvalue weighted by atomic mass is 32.1. The molecule has 15 heavy (non-hydrogen) atoms. The predicted molar refractivity (Wildman–Crippen MR) is 60.4 cm³/mol. The molecule has 3 unspecified atom stereocenters. The molecule has 82 valence electrons. The Labute approximate surface area is 94.1 Å². The van der Waals surface area contributed by atoms with Crippen molar-refractivity contribution in [3.8, 4) is 0 Å². The third-order valence-electron chi connectivity index (χ3n) is 4.00. The van der Waals surface area contributed by atoms with Crippen molar-refractivity contribution in [1.82, 2.24) is 10.2 Å². The molecule has 2 N–H and O–H groups in total. The summed E-state index contributed by atoms with van der Waals surface area (Å²) in [6.07, 6.45) is 7.00. The number of nitrogens with zero attached hydrogens (tertiary/aromatic N) is 2. The van der Waals surface area contributed by atoms with Crippen LogP contribution in [0.1, 0.15) is 35.7 Å². The van der Waals surface area contributed by atoms with E-state index in [-0.39, 0.29) is 0 Å². The lowest BCUT2D eigenvalue weighted by molar-refractivity contribution is 0.331. The molecule has 1 aromatic rings. The summed E-state index contributed by atoms with van der Waals surface area (Å²) in [4.78, 5) is 0. The zero-order chi connectivity index (χ0) is 10.3. The number of hydrogen-bond acceptors (Lipinski definition) is 4. The lowest BCUT2D eigenvalue weighted by Gasteiger charge is -2.19. The van der Waals surface area contributed by atoms with Gasteiger partial charge in [0, 0.05) is 13.0 Å². The average Bonchev–Trinajstić information content (AvgIpc) is 2.92. The van der Waals surface area contributed by atoms with Crippen LogP contribution in [-0.2, 0) is 13.0 Å². The first kappa shape index (κ1) is 9.73. The number of fused-ring (bicyclic) bond motifs is 2. The van der Waals surface area contributed by atoms with Gasteiger partial charge in [0.1, 0.15) is 10.0 Å². The molecule has 0 radical (unpaired) electrons. The van der Waals surface area contributed by atoms with E-state index in [1.165, 1.54) is 30.7 Å². The number of rotatable bonds is 3. The molecule has 3 nitrogen and oxygen atoms in total. The minimum absolute atomic E-state index is 0.536. The molecule has 3 rings (SSSR count). The molecule has 2 aliphatic rings. The van der Waals surface area contributed by atoms with Gasteiger partial charge in [-0.2, -0.15) is 0 Å². The maximum Gasteiger partial charge on any atom is 0.131 e. The van der Waals surface area contributed by atoms with E-state index in [0.717, 1.165) is 29.2 Å². The van der Waals surface area contributed by atoms with Crippen LogP contribution in [-0.4, -0.2) is 10.2 Å². The molecule has 1 heterocycles. The normalized spacial score (nSPS) is 33.8. The van der Waals surface area contributed by atoms with E-state index in [1.807, 2.05) is 0 Å². The number of aromatic nitrogens is 2. The summed E-state index contributed by atoms with van der Waals surface area (Å²) < 4.78 is 0. The van der Waals surface area contributed by atoms with Crippen molar-refractivity contribution in [1.29, 1.82) is 0 Å². The van der Waals surface area contributed by atoms with Crippen molar-refractivity contribution in [2.75, 3.05) is 0 Å². The van der Waals surface area contributed by atoms with E-state index in [2.05, 4.69) is 10.2 Å². The number of nitrogens with two attached hydrogens (primary N) is 1. The van der Waals surface area contributed by atoms with Crippen molar-refractivity contribution in [2.24, 2.45) is 23.5 Å². The van der Waals surface area contributed by atoms with Crippen molar-refractivity contribution in [3.63, 3.8) is 0 Å². The monoisotopic (exact) mass is 223 g/mol. The third-order valence-corrected chi connectivity index (χ3v) is 4.97. The van der Waals surface area contributed by atoms with Gasteiger partial charge in [-0.25, -0.2) is 0 Å². The van der Waals surface area contributed by atoms with Crippen LogP contribution in [0.3, 0.4) is 0 Å². The first-order valence-corrected chi connectivity index (χ1v) is 6.68. The summed E-state index contributed by atoms with van der Waals surface area (Å²) in [7, 11) is 0. The molecular formula is C11H17N3S. The molecule has 2 aliphatic carbocycles. The Morgan fingerprint density at radius 1 is 1.20 bits per heavy atom. The highest BCUT2D eigenvalue weighted by molar-refractivity contribution is 7.11. The second kappa shape index (κ2) is 3.83. The van der Waals surface area contributed by atoms with Crippen molar-refractivity contribution in [2.45, 2.75) is 38.6 Å². The zero-order valence-corrected chi connectivity index (χ0v) is 9.67. The maximum absolute atomic E-state index is 5.54. The summed E-state index contributed by atoms with van der Waals surface area (Å²) in [5, 5.41) is 10.5. The van der Waals surface area contributed by atoms with Gasteiger partial charge in [0.05, 0.1) is 0 Å². The molecule has 0 amide bonds. The molecule has 2 fully saturated rings. The van der Waals surface area contributed by atoms with Crippen LogP contribution in [0.4, 0.5) is 0 Å². The van der Waals surface area contributed by atoms with Crippen LogP contribution < -0.4 is 5.73 Å². The molecule has 2 bridgehead atoms. The van der Waals surface area contributed by atoms with Crippen LogP contribution in [0, 0.1) is 17.8 Å². The summed E-state index contributed by atoms with van der Waals surface area (Å²) in [6.45, 7) is 0.536. The van der Waals surface area contributed by atoms with Crippen LogP contribution >= 0.6 is 11.3 Å². The van der Waals surface area contributed by atoms with Crippen LogP contribution in [0.25, 0.3) is 0 Å². The van der Waals surface area contributed by atoms with Crippen LogP contribution in [0.15, 0.2) is 0 Å². The Bertz CT molecular complexity index is 349. The molecule has 2 saturated carbocycles. The smallest absolute Gasteiger partial charge is 0.131 e. The first-order valence-electron chi connectivity index (χ1n) is 5.86. The van der Waals surface area contributed by atoms with E-state index < -0.39 is 0 Å². The fraction of sp³-hybridized carbons (Fsp3) is 0.818. The van der Waals surface area contributed by atoms with Gasteiger partial charge in [-0.1, -0.05) is 6.42 Å². The topological polar surface area (TPSA) is 51.8 Å². The van der Waals surface area contributed by atoms with E-state index in [0.29, 0.717) is 6.54 Å². The van der Waals surface area contributed by atoms with E-state index in [4.69, 9.17) is 5.73 Å². The second-order valence-electron chi connectivity index (χ2n) is 4.93. The molecular weight excluding hydrogens is 206 g/mol. The summed E-state index contributed by atoms with van der Waals surface area (Å²) in [5.41, 5.74) is 5.54. The Morgan fingerprint density at radius 3 is 2.67 bits per heavy atom. The minimum atomic E-state index is 0.536. The van der Waals surface area contributed by atoms with E-state index in [9.17, 15) is 0 Å². The van der Waals surface area contributed by atoms with Gasteiger partial charge in [0.25, 0.3) is 0 Å². The molecule has 4 heteroatoms. The Kier molecular flexibility index (Phi) is 2.48. The standard InChI is InChI=1S/C11H17N3S/c12-6-11-14-13-10(15-11)5-9-4-7-1-2-8(9)3-7/h7-9H,1-6,12H2. The van der Waals surface area contributed by atoms with Crippen molar-refractivity contribution in [3.05, 3.63) is 10.0 Å². The highest BCUT2D eigenvalue weighted by Crippen LogP contribution is 2.49. The summed E-state index contributed by atoms with van der Waals surface area (Å²) in [5.74, 6) is 2.91. The minimum Gasteiger partial charge on any atom is -0.324 e. The molecule has 0 aromatic carbocycles. The van der Waals surface area contributed by atoms with Gasteiger partial charge in [0.2, 0.25) is 0 Å². The molecule has 0 saturated heterocycles.